The first kappa shape index (κ1) is 8.11. The highest BCUT2D eigenvalue weighted by Crippen LogP contribution is 2.62. The Morgan fingerprint density at radius 2 is 2.33 bits per heavy atom. The van der Waals surface area contributed by atoms with Gasteiger partial charge in [-0.2, -0.15) is 0 Å². The highest BCUT2D eigenvalue weighted by atomic mass is 16.3. The summed E-state index contributed by atoms with van der Waals surface area (Å²) in [5, 5.41) is 9.18. The van der Waals surface area contributed by atoms with E-state index < -0.39 is 0 Å². The van der Waals surface area contributed by atoms with E-state index in [0.717, 1.165) is 18.5 Å². The van der Waals surface area contributed by atoms with Crippen LogP contribution >= 0.6 is 0 Å². The monoisotopic (exact) mass is 167 g/mol. The molecule has 0 heterocycles. The van der Waals surface area contributed by atoms with Crippen LogP contribution < -0.4 is 5.73 Å². The second-order valence-electron chi connectivity index (χ2n) is 4.41. The molecule has 2 heteroatoms. The van der Waals surface area contributed by atoms with E-state index >= 15 is 0 Å². The predicted octanol–water partition coefficient (Wildman–Crippen LogP) is 1.40. The molecule has 2 aliphatic rings. The Hall–Kier alpha value is -0.500. The van der Waals surface area contributed by atoms with Crippen molar-refractivity contribution in [1.82, 2.24) is 0 Å². The largest absolute Gasteiger partial charge is 0.402 e. The Balaban J connectivity index is 2.17. The Kier molecular flexibility index (Phi) is 1.69. The summed E-state index contributed by atoms with van der Waals surface area (Å²) in [7, 11) is 0. The Morgan fingerprint density at radius 3 is 2.67 bits per heavy atom. The van der Waals surface area contributed by atoms with E-state index in [1.807, 2.05) is 6.92 Å². The van der Waals surface area contributed by atoms with Gasteiger partial charge >= 0.3 is 0 Å². The maximum atomic E-state index is 9.18. The lowest BCUT2D eigenvalue weighted by Crippen LogP contribution is -2.12. The summed E-state index contributed by atoms with van der Waals surface area (Å²) in [6.07, 6.45) is 4.80. The molecular weight excluding hydrogens is 150 g/mol. The molecule has 68 valence electrons. The van der Waals surface area contributed by atoms with Crippen molar-refractivity contribution < 1.29 is 5.11 Å². The van der Waals surface area contributed by atoms with Crippen LogP contribution in [0.2, 0.25) is 0 Å². The van der Waals surface area contributed by atoms with Gasteiger partial charge < -0.3 is 10.8 Å². The minimum absolute atomic E-state index is 0.344. The summed E-state index contributed by atoms with van der Waals surface area (Å²) in [6.45, 7) is 2.32. The number of aliphatic hydroxyl groups excluding tert-OH is 1. The van der Waals surface area contributed by atoms with Gasteiger partial charge in [-0.15, -0.1) is 0 Å². The average Bonchev–Trinajstić information content (AvgIpc) is 2.64. The van der Waals surface area contributed by atoms with Gasteiger partial charge in [-0.1, -0.05) is 5.57 Å². The van der Waals surface area contributed by atoms with Crippen molar-refractivity contribution in [3.05, 3.63) is 11.3 Å². The van der Waals surface area contributed by atoms with Gasteiger partial charge in [0.15, 0.2) is 0 Å². The third kappa shape index (κ3) is 1.06. The van der Waals surface area contributed by atoms with Crippen molar-refractivity contribution in [2.75, 3.05) is 6.61 Å². The molecule has 1 spiro atoms. The SMILES string of the molecule is C/C(N)=C1/CC(CO)C2(CC2)C1. The molecule has 0 amide bonds. The standard InChI is InChI=1S/C10H17NO/c1-7(11)8-4-9(6-12)10(5-8)2-3-10/h9,12H,2-6,11H2,1H3/b8-7+. The molecule has 2 nitrogen and oxygen atoms in total. The molecule has 1 unspecified atom stereocenters. The van der Waals surface area contributed by atoms with Crippen LogP contribution in [-0.2, 0) is 0 Å². The van der Waals surface area contributed by atoms with Crippen molar-refractivity contribution in [2.24, 2.45) is 17.1 Å². The fraction of sp³-hybridized carbons (Fsp3) is 0.800. The molecule has 0 aromatic heterocycles. The predicted molar refractivity (Wildman–Crippen MR) is 48.4 cm³/mol. The van der Waals surface area contributed by atoms with Crippen molar-refractivity contribution in [3.8, 4) is 0 Å². The number of nitrogens with two attached hydrogens (primary N) is 1. The van der Waals surface area contributed by atoms with Crippen LogP contribution in [0.5, 0.6) is 0 Å². The maximum absolute atomic E-state index is 9.18. The number of rotatable bonds is 1. The second-order valence-corrected chi connectivity index (χ2v) is 4.41. The maximum Gasteiger partial charge on any atom is 0.0467 e. The van der Waals surface area contributed by atoms with Crippen LogP contribution in [0.15, 0.2) is 11.3 Å². The number of hydrogen-bond donors (Lipinski definition) is 2. The molecule has 1 atom stereocenters. The summed E-state index contributed by atoms with van der Waals surface area (Å²) in [5.41, 5.74) is 8.62. The second kappa shape index (κ2) is 2.49. The molecule has 0 radical (unpaired) electrons. The summed E-state index contributed by atoms with van der Waals surface area (Å²) < 4.78 is 0. The zero-order valence-corrected chi connectivity index (χ0v) is 7.64. The molecule has 2 fully saturated rings. The molecule has 2 saturated carbocycles. The molecule has 0 bridgehead atoms. The lowest BCUT2D eigenvalue weighted by atomic mass is 9.94. The Morgan fingerprint density at radius 1 is 1.67 bits per heavy atom. The average molecular weight is 167 g/mol. The zero-order chi connectivity index (χ0) is 8.77. The number of aliphatic hydroxyl groups is 1. The summed E-state index contributed by atoms with van der Waals surface area (Å²) in [5.74, 6) is 0.506. The van der Waals surface area contributed by atoms with Crippen LogP contribution in [0.4, 0.5) is 0 Å². The Bertz CT molecular complexity index is 224. The van der Waals surface area contributed by atoms with E-state index in [1.165, 1.54) is 18.4 Å². The van der Waals surface area contributed by atoms with Gasteiger partial charge in [-0.05, 0) is 43.9 Å². The van der Waals surface area contributed by atoms with E-state index in [-0.39, 0.29) is 0 Å². The molecule has 2 aliphatic carbocycles. The molecule has 3 N–H and O–H groups in total. The van der Waals surface area contributed by atoms with E-state index in [4.69, 9.17) is 5.73 Å². The van der Waals surface area contributed by atoms with Crippen molar-refractivity contribution >= 4 is 0 Å². The van der Waals surface area contributed by atoms with Gasteiger partial charge in [-0.3, -0.25) is 0 Å². The molecule has 2 rings (SSSR count). The van der Waals surface area contributed by atoms with E-state index in [2.05, 4.69) is 0 Å². The van der Waals surface area contributed by atoms with Gasteiger partial charge in [0.25, 0.3) is 0 Å². The first-order valence-electron chi connectivity index (χ1n) is 4.73. The smallest absolute Gasteiger partial charge is 0.0467 e. The van der Waals surface area contributed by atoms with Gasteiger partial charge in [0.05, 0.1) is 0 Å². The van der Waals surface area contributed by atoms with E-state index in [0.29, 0.717) is 17.9 Å². The molecular formula is C10H17NO. The van der Waals surface area contributed by atoms with Crippen LogP contribution in [-0.4, -0.2) is 11.7 Å². The highest BCUT2D eigenvalue weighted by molar-refractivity contribution is 5.23. The fourth-order valence-electron chi connectivity index (χ4n) is 2.46. The van der Waals surface area contributed by atoms with Crippen molar-refractivity contribution in [2.45, 2.75) is 32.6 Å². The van der Waals surface area contributed by atoms with Crippen LogP contribution in [0.3, 0.4) is 0 Å². The van der Waals surface area contributed by atoms with Crippen molar-refractivity contribution in [3.63, 3.8) is 0 Å². The quantitative estimate of drug-likeness (QED) is 0.620. The highest BCUT2D eigenvalue weighted by Gasteiger charge is 2.53. The van der Waals surface area contributed by atoms with Crippen LogP contribution in [0.1, 0.15) is 32.6 Å². The van der Waals surface area contributed by atoms with Gasteiger partial charge in [-0.25, -0.2) is 0 Å². The first-order chi connectivity index (χ1) is 5.68. The minimum Gasteiger partial charge on any atom is -0.402 e. The summed E-state index contributed by atoms with van der Waals surface area (Å²) in [6, 6.07) is 0. The van der Waals surface area contributed by atoms with Crippen molar-refractivity contribution in [1.29, 1.82) is 0 Å². The van der Waals surface area contributed by atoms with Gasteiger partial charge in [0, 0.05) is 12.3 Å². The number of allylic oxidation sites excluding steroid dienone is 2. The van der Waals surface area contributed by atoms with Crippen LogP contribution in [0.25, 0.3) is 0 Å². The molecule has 0 saturated heterocycles. The molecule has 0 aromatic rings. The lowest BCUT2D eigenvalue weighted by molar-refractivity contribution is 0.184. The number of hydrogen-bond acceptors (Lipinski definition) is 2. The normalized spacial score (nSPS) is 35.7. The van der Waals surface area contributed by atoms with E-state index in [9.17, 15) is 5.11 Å². The van der Waals surface area contributed by atoms with E-state index in [1.54, 1.807) is 0 Å². The lowest BCUT2D eigenvalue weighted by Gasteiger charge is -2.13. The minimum atomic E-state index is 0.344. The zero-order valence-electron chi connectivity index (χ0n) is 7.64. The topological polar surface area (TPSA) is 46.2 Å². The third-order valence-electron chi connectivity index (χ3n) is 3.59. The molecule has 0 aromatic carbocycles. The Labute approximate surface area is 73.5 Å². The summed E-state index contributed by atoms with van der Waals surface area (Å²) >= 11 is 0. The fourth-order valence-corrected chi connectivity index (χ4v) is 2.46. The summed E-state index contributed by atoms with van der Waals surface area (Å²) in [4.78, 5) is 0. The van der Waals surface area contributed by atoms with Gasteiger partial charge in [0.2, 0.25) is 0 Å². The van der Waals surface area contributed by atoms with Gasteiger partial charge in [0.1, 0.15) is 0 Å². The first-order valence-corrected chi connectivity index (χ1v) is 4.73. The third-order valence-corrected chi connectivity index (χ3v) is 3.59. The van der Waals surface area contributed by atoms with Crippen LogP contribution in [0, 0.1) is 11.3 Å². The molecule has 0 aliphatic heterocycles. The molecule has 12 heavy (non-hydrogen) atoms.